The Labute approximate surface area is 136 Å². The van der Waals surface area contributed by atoms with E-state index in [1.54, 1.807) is 0 Å². The lowest BCUT2D eigenvalue weighted by Crippen LogP contribution is -2.48. The molecular formula is C21H20FN. The molecule has 0 aromatic heterocycles. The molecule has 2 heteroatoms. The van der Waals surface area contributed by atoms with Crippen LogP contribution in [0.15, 0.2) is 54.6 Å². The first kappa shape index (κ1) is 14.4. The van der Waals surface area contributed by atoms with E-state index < -0.39 is 6.17 Å². The summed E-state index contributed by atoms with van der Waals surface area (Å²) in [6.45, 7) is 2.12. The molecule has 2 aromatic carbocycles. The Bertz CT molecular complexity index is 717. The van der Waals surface area contributed by atoms with Crippen LogP contribution in [0.3, 0.4) is 0 Å². The van der Waals surface area contributed by atoms with Crippen molar-refractivity contribution in [2.24, 2.45) is 0 Å². The van der Waals surface area contributed by atoms with Crippen molar-refractivity contribution in [3.63, 3.8) is 0 Å². The van der Waals surface area contributed by atoms with Crippen LogP contribution >= 0.6 is 0 Å². The molecule has 1 heterocycles. The summed E-state index contributed by atoms with van der Waals surface area (Å²) < 4.78 is 12.9. The smallest absolute Gasteiger partial charge is 0.125 e. The average Bonchev–Trinajstić information content (AvgIpc) is 2.71. The summed E-state index contributed by atoms with van der Waals surface area (Å²) in [5, 5.41) is 0. The van der Waals surface area contributed by atoms with Crippen LogP contribution < -0.4 is 0 Å². The first-order valence-corrected chi connectivity index (χ1v) is 8.25. The summed E-state index contributed by atoms with van der Waals surface area (Å²) in [5.41, 5.74) is 6.35. The molecule has 1 aliphatic heterocycles. The molecule has 2 aliphatic rings. The Morgan fingerprint density at radius 1 is 0.913 bits per heavy atom. The molecule has 1 nitrogen and oxygen atoms in total. The normalized spacial score (nSPS) is 17.2. The van der Waals surface area contributed by atoms with E-state index in [4.69, 9.17) is 0 Å². The van der Waals surface area contributed by atoms with Crippen molar-refractivity contribution in [2.45, 2.75) is 12.6 Å². The van der Waals surface area contributed by atoms with Gasteiger partial charge in [-0.05, 0) is 34.2 Å². The topological polar surface area (TPSA) is 3.24 Å². The summed E-state index contributed by atoms with van der Waals surface area (Å²) in [6, 6.07) is 17.1. The SMILES string of the molecule is FC1CN(CCC=C2c3ccccc3C=Cc3ccccc32)C1. The monoisotopic (exact) mass is 305 g/mol. The molecule has 4 rings (SSSR count). The van der Waals surface area contributed by atoms with E-state index in [1.807, 2.05) is 0 Å². The van der Waals surface area contributed by atoms with Crippen LogP contribution in [-0.4, -0.2) is 30.7 Å². The summed E-state index contributed by atoms with van der Waals surface area (Å²) in [7, 11) is 0. The van der Waals surface area contributed by atoms with Gasteiger partial charge in [0.25, 0.3) is 0 Å². The molecule has 0 radical (unpaired) electrons. The van der Waals surface area contributed by atoms with Gasteiger partial charge in [0.05, 0.1) is 0 Å². The predicted molar refractivity (Wildman–Crippen MR) is 94.8 cm³/mol. The van der Waals surface area contributed by atoms with Crippen LogP contribution in [0.2, 0.25) is 0 Å². The van der Waals surface area contributed by atoms with Gasteiger partial charge in [0.2, 0.25) is 0 Å². The van der Waals surface area contributed by atoms with Gasteiger partial charge in [-0.15, -0.1) is 0 Å². The zero-order valence-corrected chi connectivity index (χ0v) is 13.1. The fraction of sp³-hybridized carbons (Fsp3) is 0.238. The van der Waals surface area contributed by atoms with E-state index in [-0.39, 0.29) is 0 Å². The van der Waals surface area contributed by atoms with Gasteiger partial charge in [-0.3, -0.25) is 4.90 Å². The lowest BCUT2D eigenvalue weighted by molar-refractivity contribution is 0.0677. The molecule has 0 atom stereocenters. The van der Waals surface area contributed by atoms with Gasteiger partial charge >= 0.3 is 0 Å². The van der Waals surface area contributed by atoms with E-state index in [0.29, 0.717) is 13.1 Å². The number of benzene rings is 2. The first-order chi connectivity index (χ1) is 11.3. The predicted octanol–water partition coefficient (Wildman–Crippen LogP) is 4.65. The molecule has 0 saturated carbocycles. The van der Waals surface area contributed by atoms with Crippen molar-refractivity contribution >= 4 is 17.7 Å². The minimum Gasteiger partial charge on any atom is -0.297 e. The van der Waals surface area contributed by atoms with Crippen LogP contribution in [0.5, 0.6) is 0 Å². The zero-order chi connectivity index (χ0) is 15.6. The minimum absolute atomic E-state index is 0.595. The highest BCUT2D eigenvalue weighted by molar-refractivity contribution is 5.93. The van der Waals surface area contributed by atoms with Gasteiger partial charge in [0.1, 0.15) is 6.17 Å². The highest BCUT2D eigenvalue weighted by atomic mass is 19.1. The molecule has 116 valence electrons. The zero-order valence-electron chi connectivity index (χ0n) is 13.1. The van der Waals surface area contributed by atoms with E-state index in [2.05, 4.69) is 71.7 Å². The number of nitrogens with zero attached hydrogens (tertiary/aromatic N) is 1. The van der Waals surface area contributed by atoms with Crippen molar-refractivity contribution in [1.29, 1.82) is 0 Å². The molecule has 1 fully saturated rings. The molecular weight excluding hydrogens is 285 g/mol. The second kappa shape index (κ2) is 6.13. The Hall–Kier alpha value is -2.19. The second-order valence-corrected chi connectivity index (χ2v) is 6.27. The summed E-state index contributed by atoms with van der Waals surface area (Å²) in [6.07, 6.45) is 7.03. The average molecular weight is 305 g/mol. The molecule has 1 aliphatic carbocycles. The maximum atomic E-state index is 12.9. The summed E-state index contributed by atoms with van der Waals surface area (Å²) >= 11 is 0. The van der Waals surface area contributed by atoms with Gasteiger partial charge in [-0.2, -0.15) is 0 Å². The van der Waals surface area contributed by atoms with E-state index in [0.717, 1.165) is 13.0 Å². The number of hydrogen-bond donors (Lipinski definition) is 0. The molecule has 0 amide bonds. The van der Waals surface area contributed by atoms with Crippen LogP contribution in [0.1, 0.15) is 28.7 Å². The molecule has 0 N–H and O–H groups in total. The maximum Gasteiger partial charge on any atom is 0.125 e. The largest absolute Gasteiger partial charge is 0.297 e. The van der Waals surface area contributed by atoms with E-state index in [9.17, 15) is 4.39 Å². The highest BCUT2D eigenvalue weighted by Crippen LogP contribution is 2.33. The molecule has 0 spiro atoms. The molecule has 1 saturated heterocycles. The van der Waals surface area contributed by atoms with Gasteiger partial charge in [0, 0.05) is 19.6 Å². The Morgan fingerprint density at radius 2 is 1.48 bits per heavy atom. The molecule has 2 aromatic rings. The van der Waals surface area contributed by atoms with Crippen molar-refractivity contribution < 1.29 is 4.39 Å². The standard InChI is InChI=1S/C21H20FN/c22-18-14-23(15-18)13-5-10-21-19-8-3-1-6-16(19)11-12-17-7-2-4-9-20(17)21/h1-4,6-12,18H,5,13-15H2. The van der Waals surface area contributed by atoms with Crippen LogP contribution in [-0.2, 0) is 0 Å². The Kier molecular flexibility index (Phi) is 3.84. The number of fused-ring (bicyclic) bond motifs is 2. The van der Waals surface area contributed by atoms with Crippen LogP contribution in [0.25, 0.3) is 17.7 Å². The fourth-order valence-electron chi connectivity index (χ4n) is 3.40. The highest BCUT2D eigenvalue weighted by Gasteiger charge is 2.25. The number of halogens is 1. The maximum absolute atomic E-state index is 12.9. The summed E-state index contributed by atoms with van der Waals surface area (Å²) in [4.78, 5) is 2.18. The van der Waals surface area contributed by atoms with Gasteiger partial charge in [0.15, 0.2) is 0 Å². The number of likely N-dealkylation sites (tertiary alicyclic amines) is 1. The Balaban J connectivity index is 1.67. The summed E-state index contributed by atoms with van der Waals surface area (Å²) in [5.74, 6) is 0. The van der Waals surface area contributed by atoms with Crippen LogP contribution in [0, 0.1) is 0 Å². The first-order valence-electron chi connectivity index (χ1n) is 8.25. The fourth-order valence-corrected chi connectivity index (χ4v) is 3.40. The lowest BCUT2D eigenvalue weighted by Gasteiger charge is -2.33. The third kappa shape index (κ3) is 2.87. The minimum atomic E-state index is -0.619. The van der Waals surface area contributed by atoms with E-state index in [1.165, 1.54) is 27.8 Å². The van der Waals surface area contributed by atoms with Crippen molar-refractivity contribution in [1.82, 2.24) is 4.90 Å². The Morgan fingerprint density at radius 3 is 2.04 bits per heavy atom. The lowest BCUT2D eigenvalue weighted by atomic mass is 9.92. The molecule has 23 heavy (non-hydrogen) atoms. The van der Waals surface area contributed by atoms with Gasteiger partial charge in [-0.1, -0.05) is 66.8 Å². The number of alkyl halides is 1. The second-order valence-electron chi connectivity index (χ2n) is 6.27. The van der Waals surface area contributed by atoms with Crippen molar-refractivity contribution in [3.05, 3.63) is 76.9 Å². The third-order valence-electron chi connectivity index (χ3n) is 4.65. The van der Waals surface area contributed by atoms with Gasteiger partial charge < -0.3 is 0 Å². The van der Waals surface area contributed by atoms with Crippen molar-refractivity contribution in [2.75, 3.05) is 19.6 Å². The van der Waals surface area contributed by atoms with E-state index >= 15 is 0 Å². The van der Waals surface area contributed by atoms with Crippen molar-refractivity contribution in [3.8, 4) is 0 Å². The third-order valence-corrected chi connectivity index (χ3v) is 4.65. The molecule has 0 bridgehead atoms. The number of rotatable bonds is 3. The number of hydrogen-bond acceptors (Lipinski definition) is 1. The van der Waals surface area contributed by atoms with Crippen LogP contribution in [0.4, 0.5) is 4.39 Å². The van der Waals surface area contributed by atoms with Gasteiger partial charge in [-0.25, -0.2) is 4.39 Å². The quantitative estimate of drug-likeness (QED) is 0.681. The molecule has 0 unspecified atom stereocenters.